The Balaban J connectivity index is 2.56. The second-order valence-corrected chi connectivity index (χ2v) is 5.03. The molecule has 0 fully saturated rings. The number of allylic oxidation sites excluding steroid dienone is 1. The van der Waals surface area contributed by atoms with Crippen LogP contribution in [0.15, 0.2) is 47.2 Å². The molecule has 19 heavy (non-hydrogen) atoms. The summed E-state index contributed by atoms with van der Waals surface area (Å²) in [5, 5.41) is 9.83. The minimum Gasteiger partial charge on any atom is -0.397 e. The summed E-state index contributed by atoms with van der Waals surface area (Å²) in [6.45, 7) is 0. The molecule has 0 spiro atoms. The minimum atomic E-state index is 0.392. The van der Waals surface area contributed by atoms with Gasteiger partial charge in [0.2, 0.25) is 0 Å². The fourth-order valence-electron chi connectivity index (χ4n) is 1.61. The van der Waals surface area contributed by atoms with E-state index in [0.717, 1.165) is 10.0 Å². The summed E-state index contributed by atoms with van der Waals surface area (Å²) < 4.78 is 0.785. The van der Waals surface area contributed by atoms with Crippen molar-refractivity contribution in [1.82, 2.24) is 4.98 Å². The fourth-order valence-corrected chi connectivity index (χ4v) is 2.03. The van der Waals surface area contributed by atoms with Crippen LogP contribution in [-0.2, 0) is 0 Å². The quantitative estimate of drug-likeness (QED) is 0.849. The molecule has 2 rings (SSSR count). The Labute approximate surface area is 124 Å². The molecule has 94 valence electrons. The van der Waals surface area contributed by atoms with Crippen LogP contribution < -0.4 is 5.73 Å². The van der Waals surface area contributed by atoms with Gasteiger partial charge in [-0.1, -0.05) is 17.7 Å². The van der Waals surface area contributed by atoms with Crippen molar-refractivity contribution in [2.75, 3.05) is 0 Å². The first kappa shape index (κ1) is 13.6. The maximum Gasteiger partial charge on any atom is 0.102 e. The van der Waals surface area contributed by atoms with Gasteiger partial charge in [0.25, 0.3) is 0 Å². The van der Waals surface area contributed by atoms with E-state index in [2.05, 4.69) is 27.0 Å². The minimum absolute atomic E-state index is 0.392. The molecule has 1 heterocycles. The van der Waals surface area contributed by atoms with E-state index >= 15 is 0 Å². The maximum absolute atomic E-state index is 9.28. The second-order valence-electron chi connectivity index (χ2n) is 3.77. The lowest BCUT2D eigenvalue weighted by Crippen LogP contribution is -2.01. The molecule has 0 bridgehead atoms. The highest BCUT2D eigenvalue weighted by molar-refractivity contribution is 9.10. The largest absolute Gasteiger partial charge is 0.397 e. The third kappa shape index (κ3) is 2.95. The molecular weight excluding hydrogens is 326 g/mol. The Morgan fingerprint density at radius 1 is 1.21 bits per heavy atom. The maximum atomic E-state index is 9.28. The van der Waals surface area contributed by atoms with Crippen molar-refractivity contribution in [3.05, 3.63) is 63.3 Å². The number of rotatable bonds is 2. The van der Waals surface area contributed by atoms with Gasteiger partial charge in [0.1, 0.15) is 6.07 Å². The monoisotopic (exact) mass is 333 g/mol. The Morgan fingerprint density at radius 3 is 2.47 bits per heavy atom. The van der Waals surface area contributed by atoms with E-state index in [-0.39, 0.29) is 0 Å². The molecule has 0 aliphatic carbocycles. The Morgan fingerprint density at radius 2 is 1.89 bits per heavy atom. The molecule has 1 aromatic carbocycles. The average molecular weight is 335 g/mol. The Bertz CT molecular complexity index is 675. The number of aromatic nitrogens is 1. The van der Waals surface area contributed by atoms with E-state index in [1.54, 1.807) is 36.7 Å². The summed E-state index contributed by atoms with van der Waals surface area (Å²) in [6.07, 6.45) is 3.24. The molecule has 2 aromatic rings. The molecule has 0 aliphatic heterocycles. The molecule has 0 atom stereocenters. The van der Waals surface area contributed by atoms with Crippen LogP contribution in [0.4, 0.5) is 0 Å². The number of nitrogens with zero attached hydrogens (tertiary/aromatic N) is 2. The van der Waals surface area contributed by atoms with Crippen LogP contribution in [0.3, 0.4) is 0 Å². The van der Waals surface area contributed by atoms with Gasteiger partial charge in [0.15, 0.2) is 0 Å². The third-order valence-corrected chi connectivity index (χ3v) is 3.81. The first-order valence-electron chi connectivity index (χ1n) is 5.39. The normalized spacial score (nSPS) is 11.6. The summed E-state index contributed by atoms with van der Waals surface area (Å²) in [5.41, 5.74) is 8.30. The zero-order chi connectivity index (χ0) is 13.8. The molecule has 3 nitrogen and oxygen atoms in total. The second kappa shape index (κ2) is 5.87. The molecular formula is C14H9BrClN3. The number of benzene rings is 1. The molecule has 2 N–H and O–H groups in total. The summed E-state index contributed by atoms with van der Waals surface area (Å²) in [4.78, 5) is 3.92. The zero-order valence-electron chi connectivity index (χ0n) is 9.77. The summed E-state index contributed by atoms with van der Waals surface area (Å²) in [6, 6.07) is 10.9. The summed E-state index contributed by atoms with van der Waals surface area (Å²) in [5.74, 6) is 0. The van der Waals surface area contributed by atoms with E-state index < -0.39 is 0 Å². The Kier molecular flexibility index (Phi) is 4.20. The first-order valence-corrected chi connectivity index (χ1v) is 6.56. The van der Waals surface area contributed by atoms with Crippen molar-refractivity contribution in [3.8, 4) is 6.07 Å². The molecule has 0 unspecified atom stereocenters. The standard InChI is InChI=1S/C14H9BrClN3/c15-12-2-1-10(7-13(12)16)14(18)11(8-17)9-3-5-19-6-4-9/h1-7H,18H2/b14-11-. The van der Waals surface area contributed by atoms with E-state index in [4.69, 9.17) is 17.3 Å². The van der Waals surface area contributed by atoms with E-state index in [1.807, 2.05) is 6.07 Å². The van der Waals surface area contributed by atoms with Crippen molar-refractivity contribution in [2.24, 2.45) is 5.73 Å². The van der Waals surface area contributed by atoms with Gasteiger partial charge in [-0.15, -0.1) is 0 Å². The van der Waals surface area contributed by atoms with Crippen LogP contribution in [0.25, 0.3) is 11.3 Å². The lowest BCUT2D eigenvalue weighted by Gasteiger charge is -2.07. The summed E-state index contributed by atoms with van der Waals surface area (Å²) in [7, 11) is 0. The zero-order valence-corrected chi connectivity index (χ0v) is 12.1. The van der Waals surface area contributed by atoms with Crippen molar-refractivity contribution in [2.45, 2.75) is 0 Å². The van der Waals surface area contributed by atoms with Crippen molar-refractivity contribution >= 4 is 38.8 Å². The van der Waals surface area contributed by atoms with E-state index in [9.17, 15) is 5.26 Å². The molecule has 0 saturated carbocycles. The first-order chi connectivity index (χ1) is 9.13. The van der Waals surface area contributed by atoms with Gasteiger partial charge in [-0.2, -0.15) is 5.26 Å². The molecule has 0 radical (unpaired) electrons. The van der Waals surface area contributed by atoms with Gasteiger partial charge in [0.05, 0.1) is 16.3 Å². The SMILES string of the molecule is N#C/C(=C(/N)c1ccc(Br)c(Cl)c1)c1ccncc1. The average Bonchev–Trinajstić information content (AvgIpc) is 2.44. The highest BCUT2D eigenvalue weighted by atomic mass is 79.9. The van der Waals surface area contributed by atoms with Gasteiger partial charge in [-0.25, -0.2) is 0 Å². The molecule has 0 aliphatic rings. The van der Waals surface area contributed by atoms with Crippen LogP contribution >= 0.6 is 27.5 Å². The molecule has 0 amide bonds. The topological polar surface area (TPSA) is 62.7 Å². The van der Waals surface area contributed by atoms with Crippen molar-refractivity contribution in [1.29, 1.82) is 5.26 Å². The predicted octanol–water partition coefficient (Wildman–Crippen LogP) is 3.85. The number of hydrogen-bond donors (Lipinski definition) is 1. The van der Waals surface area contributed by atoms with Crippen LogP contribution in [0, 0.1) is 11.3 Å². The van der Waals surface area contributed by atoms with Gasteiger partial charge in [-0.05, 0) is 45.8 Å². The smallest absolute Gasteiger partial charge is 0.102 e. The predicted molar refractivity (Wildman–Crippen MR) is 80.0 cm³/mol. The molecule has 0 saturated heterocycles. The molecule has 5 heteroatoms. The third-order valence-electron chi connectivity index (χ3n) is 2.58. The van der Waals surface area contributed by atoms with Crippen LogP contribution in [0.1, 0.15) is 11.1 Å². The van der Waals surface area contributed by atoms with Gasteiger partial charge in [0, 0.05) is 22.4 Å². The number of nitriles is 1. The van der Waals surface area contributed by atoms with E-state index in [1.165, 1.54) is 0 Å². The molecule has 1 aromatic heterocycles. The summed E-state index contributed by atoms with van der Waals surface area (Å²) >= 11 is 9.35. The van der Waals surface area contributed by atoms with Crippen molar-refractivity contribution in [3.63, 3.8) is 0 Å². The van der Waals surface area contributed by atoms with Crippen LogP contribution in [0.2, 0.25) is 5.02 Å². The van der Waals surface area contributed by atoms with E-state index in [0.29, 0.717) is 21.9 Å². The lowest BCUT2D eigenvalue weighted by atomic mass is 10.0. The fraction of sp³-hybridized carbons (Fsp3) is 0. The van der Waals surface area contributed by atoms with Crippen molar-refractivity contribution < 1.29 is 0 Å². The van der Waals surface area contributed by atoms with Crippen LogP contribution in [0.5, 0.6) is 0 Å². The highest BCUT2D eigenvalue weighted by Crippen LogP contribution is 2.28. The van der Waals surface area contributed by atoms with Gasteiger partial charge < -0.3 is 5.73 Å². The number of pyridine rings is 1. The number of nitrogens with two attached hydrogens (primary N) is 1. The van der Waals surface area contributed by atoms with Crippen LogP contribution in [-0.4, -0.2) is 4.98 Å². The van der Waals surface area contributed by atoms with Gasteiger partial charge >= 0.3 is 0 Å². The highest BCUT2D eigenvalue weighted by Gasteiger charge is 2.09. The number of hydrogen-bond acceptors (Lipinski definition) is 3. The lowest BCUT2D eigenvalue weighted by molar-refractivity contribution is 1.32. The number of halogens is 2. The van der Waals surface area contributed by atoms with Gasteiger partial charge in [-0.3, -0.25) is 4.98 Å². The Hall–Kier alpha value is -1.83.